The zero-order valence-corrected chi connectivity index (χ0v) is 8.62. The third-order valence-corrected chi connectivity index (χ3v) is 2.64. The van der Waals surface area contributed by atoms with Gasteiger partial charge in [-0.3, -0.25) is 0 Å². The van der Waals surface area contributed by atoms with Crippen LogP contribution in [-0.4, -0.2) is 4.98 Å². The normalized spacial score (nSPS) is 11.4. The number of para-hydroxylation sites is 1. The average Bonchev–Trinajstić information content (AvgIpc) is 2.50. The van der Waals surface area contributed by atoms with E-state index in [1.54, 1.807) is 0 Å². The highest BCUT2D eigenvalue weighted by atomic mass is 32.0. The molecule has 1 aromatic heterocycles. The Morgan fingerprint density at radius 3 is 3.00 bits per heavy atom. The van der Waals surface area contributed by atoms with Crippen molar-refractivity contribution in [1.82, 2.24) is 4.98 Å². The van der Waals surface area contributed by atoms with Crippen molar-refractivity contribution in [2.45, 2.75) is 0 Å². The van der Waals surface area contributed by atoms with Crippen LogP contribution in [0.5, 0.6) is 0 Å². The fourth-order valence-electron chi connectivity index (χ4n) is 1.25. The van der Waals surface area contributed by atoms with Crippen molar-refractivity contribution in [2.75, 3.05) is 5.09 Å². The number of nitrogens with one attached hydrogen (secondary N) is 2. The van der Waals surface area contributed by atoms with E-state index in [0.717, 1.165) is 0 Å². The van der Waals surface area contributed by atoms with Crippen molar-refractivity contribution >= 4 is 33.9 Å². The number of aromatic nitrogens is 1. The van der Waals surface area contributed by atoms with Crippen LogP contribution in [0.2, 0.25) is 0 Å². The lowest BCUT2D eigenvalue weighted by Crippen LogP contribution is -1.75. The third kappa shape index (κ3) is 1.33. The molecule has 0 aliphatic heterocycles. The molecule has 62 valence electrons. The summed E-state index contributed by atoms with van der Waals surface area (Å²) in [5.41, 5.74) is 2.36. The number of rotatable bonds is 2. The molecular weight excluding hydrogens is 186 g/mol. The zero-order chi connectivity index (χ0) is 8.39. The Bertz CT molecular complexity index is 383. The standard InChI is InChI=1S/C8H10N2P2/c11-12-10-8-5-9-7-4-2-1-3-6(7)8/h1-5,9-10,12H,11H2. The minimum absolute atomic E-state index is 0.662. The lowest BCUT2D eigenvalue weighted by molar-refractivity contribution is 1.48. The van der Waals surface area contributed by atoms with Gasteiger partial charge in [-0.25, -0.2) is 0 Å². The largest absolute Gasteiger partial charge is 0.362 e. The van der Waals surface area contributed by atoms with Gasteiger partial charge in [-0.1, -0.05) is 27.1 Å². The number of hydrogen-bond acceptors (Lipinski definition) is 1. The zero-order valence-electron chi connectivity index (χ0n) is 6.46. The van der Waals surface area contributed by atoms with Gasteiger partial charge >= 0.3 is 0 Å². The van der Waals surface area contributed by atoms with E-state index in [1.807, 2.05) is 18.3 Å². The summed E-state index contributed by atoms with van der Waals surface area (Å²) >= 11 is 0. The Labute approximate surface area is 75.1 Å². The Morgan fingerprint density at radius 2 is 2.17 bits per heavy atom. The van der Waals surface area contributed by atoms with Gasteiger partial charge in [0.2, 0.25) is 0 Å². The number of fused-ring (bicyclic) bond motifs is 1. The molecule has 2 aromatic rings. The van der Waals surface area contributed by atoms with E-state index in [1.165, 1.54) is 16.6 Å². The lowest BCUT2D eigenvalue weighted by Gasteiger charge is -1.98. The van der Waals surface area contributed by atoms with E-state index < -0.39 is 0 Å². The molecule has 2 rings (SSSR count). The molecule has 2 N–H and O–H groups in total. The molecule has 0 saturated heterocycles. The summed E-state index contributed by atoms with van der Waals surface area (Å²) in [5, 5.41) is 4.55. The highest BCUT2D eigenvalue weighted by Crippen LogP contribution is 2.29. The van der Waals surface area contributed by atoms with Crippen molar-refractivity contribution in [3.8, 4) is 0 Å². The van der Waals surface area contributed by atoms with Gasteiger partial charge < -0.3 is 10.1 Å². The maximum absolute atomic E-state index is 3.29. The fourth-order valence-corrected chi connectivity index (χ4v) is 2.08. The average molecular weight is 196 g/mol. The number of benzene rings is 1. The van der Waals surface area contributed by atoms with Gasteiger partial charge in [0.05, 0.1) is 5.69 Å². The van der Waals surface area contributed by atoms with Crippen LogP contribution >= 0.6 is 17.3 Å². The van der Waals surface area contributed by atoms with E-state index in [-0.39, 0.29) is 0 Å². The molecule has 0 bridgehead atoms. The van der Waals surface area contributed by atoms with Crippen LogP contribution in [0.25, 0.3) is 10.9 Å². The van der Waals surface area contributed by atoms with E-state index in [9.17, 15) is 0 Å². The predicted molar refractivity (Wildman–Crippen MR) is 59.9 cm³/mol. The number of H-pyrrole nitrogens is 1. The topological polar surface area (TPSA) is 27.8 Å². The molecule has 0 aliphatic rings. The van der Waals surface area contributed by atoms with Gasteiger partial charge in [0, 0.05) is 17.1 Å². The second-order valence-electron chi connectivity index (χ2n) is 2.52. The molecule has 0 spiro atoms. The number of hydrogen-bond donors (Lipinski definition) is 2. The Balaban J connectivity index is 2.55. The second-order valence-corrected chi connectivity index (χ2v) is 3.92. The molecule has 2 unspecified atom stereocenters. The highest BCUT2D eigenvalue weighted by Gasteiger charge is 1.99. The molecule has 4 heteroatoms. The molecule has 0 fully saturated rings. The van der Waals surface area contributed by atoms with Gasteiger partial charge in [-0.05, 0) is 14.5 Å². The van der Waals surface area contributed by atoms with Crippen molar-refractivity contribution < 1.29 is 0 Å². The van der Waals surface area contributed by atoms with E-state index in [0.29, 0.717) is 8.42 Å². The molecule has 2 atom stereocenters. The van der Waals surface area contributed by atoms with Crippen molar-refractivity contribution in [3.05, 3.63) is 30.5 Å². The number of anilines is 1. The molecule has 0 aliphatic carbocycles. The van der Waals surface area contributed by atoms with Gasteiger partial charge in [0.15, 0.2) is 0 Å². The highest BCUT2D eigenvalue weighted by molar-refractivity contribution is 8.03. The summed E-state index contributed by atoms with van der Waals surface area (Å²) in [7, 11) is 3.34. The Hall–Kier alpha value is -0.580. The summed E-state index contributed by atoms with van der Waals surface area (Å²) in [6.07, 6.45) is 2.00. The van der Waals surface area contributed by atoms with Crippen LogP contribution in [0.1, 0.15) is 0 Å². The molecule has 12 heavy (non-hydrogen) atoms. The molecule has 1 aromatic carbocycles. The van der Waals surface area contributed by atoms with Gasteiger partial charge in [0.25, 0.3) is 0 Å². The maximum Gasteiger partial charge on any atom is 0.0630 e. The van der Waals surface area contributed by atoms with E-state index in [4.69, 9.17) is 0 Å². The SMILES string of the molecule is PPNc1c[nH]c2ccccc12. The molecule has 2 nitrogen and oxygen atoms in total. The van der Waals surface area contributed by atoms with Crippen LogP contribution in [-0.2, 0) is 0 Å². The summed E-state index contributed by atoms with van der Waals surface area (Å²) in [6.45, 7) is 0. The van der Waals surface area contributed by atoms with E-state index >= 15 is 0 Å². The minimum atomic E-state index is 0.662. The quantitative estimate of drug-likeness (QED) is 0.710. The third-order valence-electron chi connectivity index (χ3n) is 1.80. The Morgan fingerprint density at radius 1 is 1.33 bits per heavy atom. The van der Waals surface area contributed by atoms with Crippen LogP contribution in [0, 0.1) is 0 Å². The summed E-state index contributed by atoms with van der Waals surface area (Å²) in [4.78, 5) is 3.21. The van der Waals surface area contributed by atoms with Crippen LogP contribution in [0.3, 0.4) is 0 Å². The predicted octanol–water partition coefficient (Wildman–Crippen LogP) is 2.96. The minimum Gasteiger partial charge on any atom is -0.362 e. The first-order valence-electron chi connectivity index (χ1n) is 3.69. The second kappa shape index (κ2) is 3.43. The van der Waals surface area contributed by atoms with Crippen molar-refractivity contribution in [3.63, 3.8) is 0 Å². The fraction of sp³-hybridized carbons (Fsp3) is 0. The molecular formula is C8H10N2P2. The van der Waals surface area contributed by atoms with Crippen molar-refractivity contribution in [1.29, 1.82) is 0 Å². The van der Waals surface area contributed by atoms with Gasteiger partial charge in [-0.2, -0.15) is 0 Å². The van der Waals surface area contributed by atoms with Crippen molar-refractivity contribution in [2.24, 2.45) is 0 Å². The smallest absolute Gasteiger partial charge is 0.0630 e. The van der Waals surface area contributed by atoms with E-state index in [2.05, 4.69) is 31.1 Å². The molecule has 0 saturated carbocycles. The van der Waals surface area contributed by atoms with Crippen LogP contribution < -0.4 is 5.09 Å². The lowest BCUT2D eigenvalue weighted by atomic mass is 10.2. The monoisotopic (exact) mass is 196 g/mol. The van der Waals surface area contributed by atoms with Crippen LogP contribution in [0.4, 0.5) is 5.69 Å². The summed E-state index contributed by atoms with van der Waals surface area (Å²) < 4.78 is 0. The number of aromatic amines is 1. The molecule has 0 amide bonds. The first-order valence-corrected chi connectivity index (χ1v) is 6.50. The molecule has 1 heterocycles. The first-order chi connectivity index (χ1) is 5.92. The van der Waals surface area contributed by atoms with Gasteiger partial charge in [0.1, 0.15) is 0 Å². The maximum atomic E-state index is 3.29. The van der Waals surface area contributed by atoms with Gasteiger partial charge in [-0.15, -0.1) is 0 Å². The summed E-state index contributed by atoms with van der Waals surface area (Å²) in [6, 6.07) is 8.27. The Kier molecular flexibility index (Phi) is 2.30. The van der Waals surface area contributed by atoms with Crippen LogP contribution in [0.15, 0.2) is 30.5 Å². The summed E-state index contributed by atoms with van der Waals surface area (Å²) in [5.74, 6) is 0. The molecule has 0 radical (unpaired) electrons. The first kappa shape index (κ1) is 8.04.